The van der Waals surface area contributed by atoms with Crippen molar-refractivity contribution >= 4 is 34.2 Å². The van der Waals surface area contributed by atoms with Crippen molar-refractivity contribution in [3.63, 3.8) is 0 Å². The second kappa shape index (κ2) is 7.27. The average molecular weight is 398 g/mol. The molecule has 0 saturated heterocycles. The fraction of sp³-hybridized carbons (Fsp3) is 0.350. The van der Waals surface area contributed by atoms with Crippen LogP contribution in [0.5, 0.6) is 0 Å². The summed E-state index contributed by atoms with van der Waals surface area (Å²) in [6, 6.07) is 9.20. The maximum atomic E-state index is 12.4. The van der Waals surface area contributed by atoms with Crippen LogP contribution in [0.25, 0.3) is 11.0 Å². The van der Waals surface area contributed by atoms with Crippen LogP contribution in [-0.4, -0.2) is 20.9 Å². The number of hydrazine groups is 1. The molecule has 7 nitrogen and oxygen atoms in total. The number of rotatable bonds is 3. The molecule has 0 unspecified atom stereocenters. The largest absolute Gasteiger partial charge is 0.329 e. The minimum absolute atomic E-state index is 0.168. The summed E-state index contributed by atoms with van der Waals surface area (Å²) < 4.78 is 2.89. The highest BCUT2D eigenvalue weighted by molar-refractivity contribution is 7.14. The number of nitrogens with one attached hydrogen (secondary N) is 2. The Morgan fingerprint density at radius 3 is 2.75 bits per heavy atom. The molecule has 2 aromatic heterocycles. The third kappa shape index (κ3) is 3.35. The predicted molar refractivity (Wildman–Crippen MR) is 108 cm³/mol. The number of para-hydroxylation sites is 2. The van der Waals surface area contributed by atoms with Gasteiger partial charge in [-0.3, -0.25) is 29.6 Å². The normalized spacial score (nSPS) is 16.0. The molecule has 0 fully saturated rings. The van der Waals surface area contributed by atoms with Crippen molar-refractivity contribution < 1.29 is 9.59 Å². The number of carbonyl (C=O) groups excluding carboxylic acids is 2. The molecule has 2 amide bonds. The van der Waals surface area contributed by atoms with Crippen molar-refractivity contribution in [1.29, 1.82) is 0 Å². The summed E-state index contributed by atoms with van der Waals surface area (Å²) >= 11 is 1.49. The number of fused-ring (bicyclic) bond motifs is 2. The monoisotopic (exact) mass is 398 g/mol. The summed E-state index contributed by atoms with van der Waals surface area (Å²) in [6.07, 6.45) is 3.14. The van der Waals surface area contributed by atoms with Crippen molar-refractivity contribution in [2.24, 2.45) is 13.0 Å². The van der Waals surface area contributed by atoms with Gasteiger partial charge in [-0.2, -0.15) is 0 Å². The summed E-state index contributed by atoms with van der Waals surface area (Å²) in [5.41, 5.74) is 7.28. The van der Waals surface area contributed by atoms with Crippen LogP contribution in [0, 0.1) is 5.92 Å². The van der Waals surface area contributed by atoms with Crippen molar-refractivity contribution in [3.05, 3.63) is 56.1 Å². The number of thiophene rings is 1. The first-order valence-corrected chi connectivity index (χ1v) is 10.1. The Hall–Kier alpha value is -2.87. The van der Waals surface area contributed by atoms with Crippen LogP contribution in [0.4, 0.5) is 0 Å². The van der Waals surface area contributed by atoms with E-state index in [9.17, 15) is 14.4 Å². The molecule has 3 aromatic rings. The molecular weight excluding hydrogens is 376 g/mol. The van der Waals surface area contributed by atoms with Gasteiger partial charge in [0.2, 0.25) is 0 Å². The predicted octanol–water partition coefficient (Wildman–Crippen LogP) is 1.99. The highest BCUT2D eigenvalue weighted by Crippen LogP contribution is 2.32. The van der Waals surface area contributed by atoms with Crippen molar-refractivity contribution in [2.75, 3.05) is 0 Å². The third-order valence-electron chi connectivity index (χ3n) is 5.22. The van der Waals surface area contributed by atoms with Gasteiger partial charge >= 0.3 is 5.69 Å². The Bertz CT molecular complexity index is 1120. The first-order chi connectivity index (χ1) is 13.4. The zero-order valence-electron chi connectivity index (χ0n) is 15.8. The number of aromatic nitrogens is 2. The van der Waals surface area contributed by atoms with E-state index in [1.54, 1.807) is 13.1 Å². The van der Waals surface area contributed by atoms with Crippen LogP contribution in [-0.2, 0) is 31.2 Å². The van der Waals surface area contributed by atoms with Gasteiger partial charge in [-0.25, -0.2) is 4.79 Å². The third-order valence-corrected chi connectivity index (χ3v) is 6.46. The van der Waals surface area contributed by atoms with Crippen LogP contribution >= 0.6 is 11.3 Å². The van der Waals surface area contributed by atoms with E-state index in [-0.39, 0.29) is 18.1 Å². The van der Waals surface area contributed by atoms with Gasteiger partial charge in [0.05, 0.1) is 15.9 Å². The number of hydrogen-bond donors (Lipinski definition) is 2. The second-order valence-corrected chi connectivity index (χ2v) is 8.46. The molecule has 0 saturated carbocycles. The number of aryl methyl sites for hydroxylation is 2. The van der Waals surface area contributed by atoms with Gasteiger partial charge in [0.1, 0.15) is 6.54 Å². The molecule has 2 heterocycles. The molecule has 146 valence electrons. The summed E-state index contributed by atoms with van der Waals surface area (Å²) in [6.45, 7) is 2.05. The molecule has 1 aliphatic rings. The molecule has 0 radical (unpaired) electrons. The standard InChI is InChI=1S/C20H22N4O3S/c1-12-7-8-16-13(9-12)10-17(28-16)19(26)22-21-18(25)11-24-15-6-4-3-5-14(15)23(2)20(24)27/h3-6,10,12H,7-9,11H2,1-2H3,(H,21,25)(H,22,26)/t12-/m0/s1. The number of hydrogen-bond acceptors (Lipinski definition) is 4. The van der Waals surface area contributed by atoms with Gasteiger partial charge < -0.3 is 0 Å². The quantitative estimate of drug-likeness (QED) is 0.662. The number of carbonyl (C=O) groups is 2. The highest BCUT2D eigenvalue weighted by atomic mass is 32.1. The zero-order valence-corrected chi connectivity index (χ0v) is 16.6. The molecule has 4 rings (SSSR count). The Morgan fingerprint density at radius 1 is 1.21 bits per heavy atom. The lowest BCUT2D eigenvalue weighted by atomic mass is 9.90. The lowest BCUT2D eigenvalue weighted by Gasteiger charge is -2.16. The van der Waals surface area contributed by atoms with E-state index in [0.29, 0.717) is 16.3 Å². The summed E-state index contributed by atoms with van der Waals surface area (Å²) in [5, 5.41) is 0. The second-order valence-electron chi connectivity index (χ2n) is 7.33. The molecular formula is C20H22N4O3S. The molecule has 8 heteroatoms. The molecule has 0 bridgehead atoms. The van der Waals surface area contributed by atoms with Crippen molar-refractivity contribution in [3.8, 4) is 0 Å². The number of benzene rings is 1. The van der Waals surface area contributed by atoms with Gasteiger partial charge in [-0.15, -0.1) is 11.3 Å². The molecule has 1 atom stereocenters. The lowest BCUT2D eigenvalue weighted by Crippen LogP contribution is -2.44. The van der Waals surface area contributed by atoms with E-state index >= 15 is 0 Å². The number of nitrogens with zero attached hydrogens (tertiary/aromatic N) is 2. The highest BCUT2D eigenvalue weighted by Gasteiger charge is 2.21. The Labute approximate surface area is 165 Å². The first kappa shape index (κ1) is 18.5. The van der Waals surface area contributed by atoms with Crippen LogP contribution in [0.3, 0.4) is 0 Å². The van der Waals surface area contributed by atoms with Gasteiger partial charge in [-0.1, -0.05) is 19.1 Å². The van der Waals surface area contributed by atoms with E-state index in [1.165, 1.54) is 30.9 Å². The molecule has 0 aliphatic heterocycles. The maximum Gasteiger partial charge on any atom is 0.329 e. The topological polar surface area (TPSA) is 85.1 Å². The SMILES string of the molecule is C[C@H]1CCc2sc(C(=O)NNC(=O)Cn3c(=O)n(C)c4ccccc43)cc2C1. The van der Waals surface area contributed by atoms with Crippen molar-refractivity contribution in [2.45, 2.75) is 32.7 Å². The molecule has 1 aromatic carbocycles. The summed E-state index contributed by atoms with van der Waals surface area (Å²) in [7, 11) is 1.67. The van der Waals surface area contributed by atoms with E-state index in [4.69, 9.17) is 0 Å². The number of imidazole rings is 1. The van der Waals surface area contributed by atoms with E-state index in [0.717, 1.165) is 24.8 Å². The first-order valence-electron chi connectivity index (χ1n) is 9.29. The fourth-order valence-electron chi connectivity index (χ4n) is 3.70. The van der Waals surface area contributed by atoms with Crippen LogP contribution in [0.2, 0.25) is 0 Å². The maximum absolute atomic E-state index is 12.4. The lowest BCUT2D eigenvalue weighted by molar-refractivity contribution is -0.122. The van der Waals surface area contributed by atoms with Gasteiger partial charge in [0.25, 0.3) is 11.8 Å². The number of amides is 2. The molecule has 1 aliphatic carbocycles. The minimum Gasteiger partial charge on any atom is -0.295 e. The van der Waals surface area contributed by atoms with E-state index in [1.807, 2.05) is 24.3 Å². The van der Waals surface area contributed by atoms with Crippen LogP contribution < -0.4 is 16.5 Å². The minimum atomic E-state index is -0.457. The Morgan fingerprint density at radius 2 is 1.96 bits per heavy atom. The van der Waals surface area contributed by atoms with Crippen LogP contribution in [0.15, 0.2) is 35.1 Å². The summed E-state index contributed by atoms with van der Waals surface area (Å²) in [4.78, 5) is 38.9. The fourth-order valence-corrected chi connectivity index (χ4v) is 4.81. The van der Waals surface area contributed by atoms with E-state index in [2.05, 4.69) is 17.8 Å². The summed E-state index contributed by atoms with van der Waals surface area (Å²) in [5.74, 6) is -0.149. The van der Waals surface area contributed by atoms with Crippen molar-refractivity contribution in [1.82, 2.24) is 20.0 Å². The average Bonchev–Trinajstić information content (AvgIpc) is 3.21. The van der Waals surface area contributed by atoms with Crippen LogP contribution in [0.1, 0.15) is 33.5 Å². The zero-order chi connectivity index (χ0) is 19.8. The van der Waals surface area contributed by atoms with Gasteiger partial charge in [0, 0.05) is 11.9 Å². The van der Waals surface area contributed by atoms with Gasteiger partial charge in [0.15, 0.2) is 0 Å². The molecule has 28 heavy (non-hydrogen) atoms. The Kier molecular flexibility index (Phi) is 4.80. The smallest absolute Gasteiger partial charge is 0.295 e. The molecule has 0 spiro atoms. The molecule has 2 N–H and O–H groups in total. The Balaban J connectivity index is 1.42. The van der Waals surface area contributed by atoms with E-state index < -0.39 is 5.91 Å². The van der Waals surface area contributed by atoms with Gasteiger partial charge in [-0.05, 0) is 48.9 Å².